The average molecular weight is 276 g/mol. The molecule has 0 aromatic heterocycles. The number of hydrogen-bond acceptors (Lipinski definition) is 2. The van der Waals surface area contributed by atoms with Crippen molar-refractivity contribution in [2.24, 2.45) is 0 Å². The van der Waals surface area contributed by atoms with Crippen LogP contribution in [-0.2, 0) is 6.42 Å². The molecule has 2 aromatic carbocycles. The summed E-state index contributed by atoms with van der Waals surface area (Å²) in [6.07, 6.45) is -0.129. The number of rotatable bonds is 5. The molecule has 2 aromatic rings. The van der Waals surface area contributed by atoms with Gasteiger partial charge in [0, 0.05) is 12.5 Å². The Labute approximate surface area is 116 Å². The lowest BCUT2D eigenvalue weighted by atomic mass is 10.0. The zero-order chi connectivity index (χ0) is 14.5. The first kappa shape index (κ1) is 14.2. The van der Waals surface area contributed by atoms with E-state index in [4.69, 9.17) is 4.74 Å². The van der Waals surface area contributed by atoms with Gasteiger partial charge in [-0.25, -0.2) is 8.78 Å². The van der Waals surface area contributed by atoms with Crippen LogP contribution in [0.2, 0.25) is 0 Å². The van der Waals surface area contributed by atoms with Crippen LogP contribution in [0.5, 0.6) is 5.75 Å². The van der Waals surface area contributed by atoms with E-state index in [1.807, 2.05) is 6.92 Å². The predicted octanol–water partition coefficient (Wildman–Crippen LogP) is 3.79. The molecule has 104 valence electrons. The molecule has 0 aliphatic rings. The first-order valence-corrected chi connectivity index (χ1v) is 6.30. The van der Waals surface area contributed by atoms with Gasteiger partial charge < -0.3 is 4.74 Å². The van der Waals surface area contributed by atoms with Crippen LogP contribution >= 0.6 is 0 Å². The average Bonchev–Trinajstić information content (AvgIpc) is 2.43. The van der Waals surface area contributed by atoms with Crippen molar-refractivity contribution in [1.29, 1.82) is 0 Å². The lowest BCUT2D eigenvalue weighted by Crippen LogP contribution is -2.08. The Morgan fingerprint density at radius 1 is 1.15 bits per heavy atom. The molecule has 2 rings (SSSR count). The highest BCUT2D eigenvalue weighted by atomic mass is 19.1. The first-order chi connectivity index (χ1) is 9.61. The Hall–Kier alpha value is -2.23. The van der Waals surface area contributed by atoms with Crippen molar-refractivity contribution in [2.75, 3.05) is 6.61 Å². The lowest BCUT2D eigenvalue weighted by Gasteiger charge is -2.09. The second kappa shape index (κ2) is 6.28. The largest absolute Gasteiger partial charge is 0.493 e. The van der Waals surface area contributed by atoms with E-state index in [0.29, 0.717) is 17.9 Å². The van der Waals surface area contributed by atoms with Crippen LogP contribution in [0.4, 0.5) is 8.78 Å². The van der Waals surface area contributed by atoms with E-state index < -0.39 is 11.6 Å². The number of halogens is 2. The van der Waals surface area contributed by atoms with Crippen LogP contribution in [0.3, 0.4) is 0 Å². The topological polar surface area (TPSA) is 26.3 Å². The van der Waals surface area contributed by atoms with Gasteiger partial charge in [0.25, 0.3) is 0 Å². The summed E-state index contributed by atoms with van der Waals surface area (Å²) >= 11 is 0. The van der Waals surface area contributed by atoms with Gasteiger partial charge in [0.1, 0.15) is 17.4 Å². The molecule has 0 atom stereocenters. The monoisotopic (exact) mass is 276 g/mol. The van der Waals surface area contributed by atoms with Gasteiger partial charge in [-0.1, -0.05) is 18.2 Å². The second-order valence-corrected chi connectivity index (χ2v) is 4.26. The van der Waals surface area contributed by atoms with Crippen molar-refractivity contribution in [3.8, 4) is 5.75 Å². The summed E-state index contributed by atoms with van der Waals surface area (Å²) in [5.74, 6) is -1.16. The summed E-state index contributed by atoms with van der Waals surface area (Å²) in [7, 11) is 0. The third-order valence-electron chi connectivity index (χ3n) is 2.85. The number of benzene rings is 2. The van der Waals surface area contributed by atoms with Gasteiger partial charge in [-0.3, -0.25) is 4.79 Å². The molecular weight excluding hydrogens is 262 g/mol. The summed E-state index contributed by atoms with van der Waals surface area (Å²) in [4.78, 5) is 12.2. The number of para-hydroxylation sites is 1. The van der Waals surface area contributed by atoms with E-state index in [1.54, 1.807) is 24.3 Å². The van der Waals surface area contributed by atoms with Gasteiger partial charge >= 0.3 is 0 Å². The maximum absolute atomic E-state index is 13.6. The summed E-state index contributed by atoms with van der Waals surface area (Å²) < 4.78 is 31.7. The van der Waals surface area contributed by atoms with Gasteiger partial charge in [0.05, 0.1) is 12.2 Å². The SMILES string of the molecule is CCOc1ccccc1C(=O)Cc1ccc(F)cc1F. The Morgan fingerprint density at radius 3 is 2.60 bits per heavy atom. The third-order valence-corrected chi connectivity index (χ3v) is 2.85. The van der Waals surface area contributed by atoms with Gasteiger partial charge in [-0.05, 0) is 30.7 Å². The van der Waals surface area contributed by atoms with Gasteiger partial charge in [0.2, 0.25) is 0 Å². The molecule has 0 saturated carbocycles. The Balaban J connectivity index is 2.24. The number of carbonyl (C=O) groups excluding carboxylic acids is 1. The van der Waals surface area contributed by atoms with Crippen molar-refractivity contribution in [1.82, 2.24) is 0 Å². The van der Waals surface area contributed by atoms with Crippen LogP contribution in [0.15, 0.2) is 42.5 Å². The molecule has 0 saturated heterocycles. The van der Waals surface area contributed by atoms with Gasteiger partial charge in [-0.15, -0.1) is 0 Å². The predicted molar refractivity (Wildman–Crippen MR) is 72.0 cm³/mol. The lowest BCUT2D eigenvalue weighted by molar-refractivity contribution is 0.0988. The molecule has 0 unspecified atom stereocenters. The summed E-state index contributed by atoms with van der Waals surface area (Å²) in [6, 6.07) is 10.0. The highest BCUT2D eigenvalue weighted by molar-refractivity contribution is 5.99. The number of Topliss-reactive ketones (excluding diaryl/α,β-unsaturated/α-hetero) is 1. The van der Waals surface area contributed by atoms with E-state index in [1.165, 1.54) is 6.07 Å². The zero-order valence-electron chi connectivity index (χ0n) is 11.0. The molecule has 0 fully saturated rings. The minimum atomic E-state index is -0.716. The fourth-order valence-electron chi connectivity index (χ4n) is 1.91. The molecule has 4 heteroatoms. The number of ketones is 1. The molecule has 0 amide bonds. The summed E-state index contributed by atoms with van der Waals surface area (Å²) in [5, 5.41) is 0. The van der Waals surface area contributed by atoms with Crippen LogP contribution < -0.4 is 4.74 Å². The molecule has 0 heterocycles. The molecule has 20 heavy (non-hydrogen) atoms. The van der Waals surface area contributed by atoms with E-state index in [0.717, 1.165) is 12.1 Å². The molecule has 0 bridgehead atoms. The Kier molecular flexibility index (Phi) is 4.45. The van der Waals surface area contributed by atoms with Gasteiger partial charge in [0.15, 0.2) is 5.78 Å². The van der Waals surface area contributed by atoms with Crippen LogP contribution in [0, 0.1) is 11.6 Å². The molecular formula is C16H14F2O2. The standard InChI is InChI=1S/C16H14F2O2/c1-2-20-16-6-4-3-5-13(16)15(19)9-11-7-8-12(17)10-14(11)18/h3-8,10H,2,9H2,1H3. The molecule has 2 nitrogen and oxygen atoms in total. The molecule has 0 radical (unpaired) electrons. The zero-order valence-corrected chi connectivity index (χ0v) is 11.0. The van der Waals surface area contributed by atoms with Crippen LogP contribution in [-0.4, -0.2) is 12.4 Å². The van der Waals surface area contributed by atoms with Crippen molar-refractivity contribution in [2.45, 2.75) is 13.3 Å². The Bertz CT molecular complexity index is 624. The molecule has 0 spiro atoms. The second-order valence-electron chi connectivity index (χ2n) is 4.26. The quantitative estimate of drug-likeness (QED) is 0.777. The van der Waals surface area contributed by atoms with Crippen molar-refractivity contribution in [3.63, 3.8) is 0 Å². The highest BCUT2D eigenvalue weighted by Crippen LogP contribution is 2.21. The number of hydrogen-bond donors (Lipinski definition) is 0. The maximum atomic E-state index is 13.6. The van der Waals surface area contributed by atoms with Crippen LogP contribution in [0.1, 0.15) is 22.8 Å². The number of ether oxygens (including phenoxy) is 1. The first-order valence-electron chi connectivity index (χ1n) is 6.30. The van der Waals surface area contributed by atoms with Crippen molar-refractivity contribution >= 4 is 5.78 Å². The van der Waals surface area contributed by atoms with Gasteiger partial charge in [-0.2, -0.15) is 0 Å². The molecule has 0 aliphatic carbocycles. The van der Waals surface area contributed by atoms with Crippen LogP contribution in [0.25, 0.3) is 0 Å². The normalized spacial score (nSPS) is 10.3. The Morgan fingerprint density at radius 2 is 1.90 bits per heavy atom. The molecule has 0 N–H and O–H groups in total. The van der Waals surface area contributed by atoms with E-state index in [2.05, 4.69) is 0 Å². The van der Waals surface area contributed by atoms with E-state index >= 15 is 0 Å². The van der Waals surface area contributed by atoms with E-state index in [9.17, 15) is 13.6 Å². The smallest absolute Gasteiger partial charge is 0.171 e. The minimum absolute atomic E-state index is 0.129. The van der Waals surface area contributed by atoms with E-state index in [-0.39, 0.29) is 17.8 Å². The fraction of sp³-hybridized carbons (Fsp3) is 0.188. The summed E-state index contributed by atoms with van der Waals surface area (Å²) in [5.41, 5.74) is 0.570. The van der Waals surface area contributed by atoms with Crippen molar-refractivity contribution in [3.05, 3.63) is 65.2 Å². The summed E-state index contributed by atoms with van der Waals surface area (Å²) in [6.45, 7) is 2.26. The minimum Gasteiger partial charge on any atom is -0.493 e. The maximum Gasteiger partial charge on any atom is 0.171 e. The fourth-order valence-corrected chi connectivity index (χ4v) is 1.91. The number of carbonyl (C=O) groups is 1. The highest BCUT2D eigenvalue weighted by Gasteiger charge is 2.15. The van der Waals surface area contributed by atoms with Crippen molar-refractivity contribution < 1.29 is 18.3 Å². The third kappa shape index (κ3) is 3.20. The molecule has 0 aliphatic heterocycles.